The molecule has 0 aliphatic rings. The quantitative estimate of drug-likeness (QED) is 0.777. The van der Waals surface area contributed by atoms with Crippen LogP contribution in [0.2, 0.25) is 0 Å². The molecule has 0 saturated heterocycles. The highest BCUT2D eigenvalue weighted by Crippen LogP contribution is 2.33. The standard InChI is InChI=1S/C15H12F5N/c16-11-7-4-8-12(17)14(11)21-13(9-15(18,19)20)10-5-2-1-3-6-10/h1-8,13,21H,9H2. The first-order valence-electron chi connectivity index (χ1n) is 6.19. The van der Waals surface area contributed by atoms with Crippen LogP contribution in [0.15, 0.2) is 48.5 Å². The molecule has 1 N–H and O–H groups in total. The van der Waals surface area contributed by atoms with Crippen molar-refractivity contribution in [2.45, 2.75) is 18.6 Å². The highest BCUT2D eigenvalue weighted by atomic mass is 19.4. The van der Waals surface area contributed by atoms with Gasteiger partial charge in [0.1, 0.15) is 17.3 Å². The van der Waals surface area contributed by atoms with Crippen molar-refractivity contribution in [1.29, 1.82) is 0 Å². The van der Waals surface area contributed by atoms with Crippen molar-refractivity contribution in [2.75, 3.05) is 5.32 Å². The maximum atomic E-state index is 13.6. The van der Waals surface area contributed by atoms with Gasteiger partial charge in [0.15, 0.2) is 0 Å². The average Bonchev–Trinajstić information content (AvgIpc) is 2.41. The second-order valence-electron chi connectivity index (χ2n) is 4.52. The molecule has 0 radical (unpaired) electrons. The summed E-state index contributed by atoms with van der Waals surface area (Å²) < 4.78 is 65.2. The molecule has 0 aliphatic carbocycles. The fourth-order valence-electron chi connectivity index (χ4n) is 1.98. The molecule has 0 amide bonds. The number of alkyl halides is 3. The Hall–Kier alpha value is -2.11. The van der Waals surface area contributed by atoms with Crippen LogP contribution in [0.4, 0.5) is 27.6 Å². The Kier molecular flexibility index (Phi) is 4.45. The Labute approximate surface area is 118 Å². The average molecular weight is 301 g/mol. The number of hydrogen-bond acceptors (Lipinski definition) is 1. The predicted molar refractivity (Wildman–Crippen MR) is 69.8 cm³/mol. The molecule has 21 heavy (non-hydrogen) atoms. The summed E-state index contributed by atoms with van der Waals surface area (Å²) in [6.07, 6.45) is -5.69. The Morgan fingerprint density at radius 3 is 1.95 bits per heavy atom. The third-order valence-electron chi connectivity index (χ3n) is 2.92. The summed E-state index contributed by atoms with van der Waals surface area (Å²) in [7, 11) is 0. The Bertz CT molecular complexity index is 575. The van der Waals surface area contributed by atoms with Crippen molar-refractivity contribution in [1.82, 2.24) is 0 Å². The third-order valence-corrected chi connectivity index (χ3v) is 2.92. The van der Waals surface area contributed by atoms with Crippen LogP contribution in [0.5, 0.6) is 0 Å². The minimum absolute atomic E-state index is 0.303. The molecule has 2 rings (SSSR count). The lowest BCUT2D eigenvalue weighted by Gasteiger charge is -2.22. The van der Waals surface area contributed by atoms with Gasteiger partial charge in [0.25, 0.3) is 0 Å². The van der Waals surface area contributed by atoms with E-state index in [1.54, 1.807) is 18.2 Å². The summed E-state index contributed by atoms with van der Waals surface area (Å²) in [4.78, 5) is 0. The zero-order chi connectivity index (χ0) is 15.5. The molecule has 2 aromatic rings. The van der Waals surface area contributed by atoms with Gasteiger partial charge in [0.2, 0.25) is 0 Å². The van der Waals surface area contributed by atoms with Crippen molar-refractivity contribution >= 4 is 5.69 Å². The van der Waals surface area contributed by atoms with E-state index in [9.17, 15) is 22.0 Å². The number of para-hydroxylation sites is 1. The molecule has 0 bridgehead atoms. The minimum atomic E-state index is -4.46. The molecule has 0 fully saturated rings. The molecule has 2 aromatic carbocycles. The monoisotopic (exact) mass is 301 g/mol. The second kappa shape index (κ2) is 6.11. The van der Waals surface area contributed by atoms with E-state index >= 15 is 0 Å². The van der Waals surface area contributed by atoms with E-state index in [4.69, 9.17) is 0 Å². The predicted octanol–water partition coefficient (Wildman–Crippen LogP) is 5.07. The summed E-state index contributed by atoms with van der Waals surface area (Å²) in [6.45, 7) is 0. The molecule has 1 atom stereocenters. The third kappa shape index (κ3) is 4.18. The van der Waals surface area contributed by atoms with E-state index in [-0.39, 0.29) is 0 Å². The van der Waals surface area contributed by atoms with Crippen molar-refractivity contribution < 1.29 is 22.0 Å². The fourth-order valence-corrected chi connectivity index (χ4v) is 1.98. The maximum absolute atomic E-state index is 13.6. The smallest absolute Gasteiger partial charge is 0.373 e. The van der Waals surface area contributed by atoms with Gasteiger partial charge in [-0.3, -0.25) is 0 Å². The number of hydrogen-bond donors (Lipinski definition) is 1. The second-order valence-corrected chi connectivity index (χ2v) is 4.52. The van der Waals surface area contributed by atoms with Gasteiger partial charge in [-0.05, 0) is 17.7 Å². The molecule has 6 heteroatoms. The topological polar surface area (TPSA) is 12.0 Å². The van der Waals surface area contributed by atoms with E-state index < -0.39 is 36.0 Å². The number of anilines is 1. The van der Waals surface area contributed by atoms with Gasteiger partial charge in [-0.1, -0.05) is 36.4 Å². The maximum Gasteiger partial charge on any atom is 0.391 e. The number of benzene rings is 2. The highest BCUT2D eigenvalue weighted by Gasteiger charge is 2.33. The first-order chi connectivity index (χ1) is 9.87. The molecule has 1 unspecified atom stereocenters. The van der Waals surface area contributed by atoms with E-state index in [2.05, 4.69) is 5.32 Å². The Morgan fingerprint density at radius 2 is 1.43 bits per heavy atom. The van der Waals surface area contributed by atoms with Crippen LogP contribution >= 0.6 is 0 Å². The molecule has 0 saturated carbocycles. The Morgan fingerprint density at radius 1 is 0.857 bits per heavy atom. The minimum Gasteiger partial charge on any atom is -0.373 e. The fraction of sp³-hybridized carbons (Fsp3) is 0.200. The molecule has 112 valence electrons. The van der Waals surface area contributed by atoms with Crippen LogP contribution in [-0.2, 0) is 0 Å². The summed E-state index contributed by atoms with van der Waals surface area (Å²) >= 11 is 0. The van der Waals surface area contributed by atoms with Crippen LogP contribution < -0.4 is 5.32 Å². The number of halogens is 5. The SMILES string of the molecule is Fc1cccc(F)c1NC(CC(F)(F)F)c1ccccc1. The largest absolute Gasteiger partial charge is 0.391 e. The molecule has 0 aliphatic heterocycles. The van der Waals surface area contributed by atoms with Crippen molar-refractivity contribution in [2.24, 2.45) is 0 Å². The number of rotatable bonds is 4. The van der Waals surface area contributed by atoms with Crippen molar-refractivity contribution in [3.63, 3.8) is 0 Å². The van der Waals surface area contributed by atoms with Crippen LogP contribution in [0.25, 0.3) is 0 Å². The van der Waals surface area contributed by atoms with Gasteiger partial charge in [-0.2, -0.15) is 13.2 Å². The molecular weight excluding hydrogens is 289 g/mol. The van der Waals surface area contributed by atoms with E-state index in [1.807, 2.05) is 0 Å². The lowest BCUT2D eigenvalue weighted by molar-refractivity contribution is -0.137. The summed E-state index contributed by atoms with van der Waals surface area (Å²) in [5.74, 6) is -1.86. The lowest BCUT2D eigenvalue weighted by Crippen LogP contribution is -2.21. The molecule has 0 aromatic heterocycles. The first kappa shape index (κ1) is 15.3. The zero-order valence-corrected chi connectivity index (χ0v) is 10.8. The molecular formula is C15H12F5N. The van der Waals surface area contributed by atoms with E-state index in [0.29, 0.717) is 5.56 Å². The van der Waals surface area contributed by atoms with Crippen LogP contribution in [0.3, 0.4) is 0 Å². The van der Waals surface area contributed by atoms with Crippen LogP contribution in [0, 0.1) is 11.6 Å². The van der Waals surface area contributed by atoms with E-state index in [0.717, 1.165) is 18.2 Å². The molecule has 0 spiro atoms. The van der Waals surface area contributed by atoms with Crippen molar-refractivity contribution in [3.05, 3.63) is 65.7 Å². The van der Waals surface area contributed by atoms with Crippen molar-refractivity contribution in [3.8, 4) is 0 Å². The summed E-state index contributed by atoms with van der Waals surface area (Å²) in [5.41, 5.74) is -0.256. The summed E-state index contributed by atoms with van der Waals surface area (Å²) in [6, 6.07) is 9.59. The van der Waals surface area contributed by atoms with Gasteiger partial charge < -0.3 is 5.32 Å². The van der Waals surface area contributed by atoms with Gasteiger partial charge >= 0.3 is 6.18 Å². The van der Waals surface area contributed by atoms with Gasteiger partial charge in [0, 0.05) is 0 Å². The number of nitrogens with one attached hydrogen (secondary N) is 1. The Balaban J connectivity index is 2.33. The zero-order valence-electron chi connectivity index (χ0n) is 10.8. The molecule has 1 nitrogen and oxygen atoms in total. The van der Waals surface area contributed by atoms with Crippen LogP contribution in [0.1, 0.15) is 18.0 Å². The van der Waals surface area contributed by atoms with Crippen LogP contribution in [-0.4, -0.2) is 6.18 Å². The highest BCUT2D eigenvalue weighted by molar-refractivity contribution is 5.48. The van der Waals surface area contributed by atoms with Gasteiger partial charge in [-0.25, -0.2) is 8.78 Å². The van der Waals surface area contributed by atoms with Gasteiger partial charge in [-0.15, -0.1) is 0 Å². The summed E-state index contributed by atoms with van der Waals surface area (Å²) in [5, 5.41) is 2.32. The first-order valence-corrected chi connectivity index (χ1v) is 6.19. The lowest BCUT2D eigenvalue weighted by atomic mass is 10.0. The molecule has 0 heterocycles. The normalized spacial score (nSPS) is 13.0. The van der Waals surface area contributed by atoms with Gasteiger partial charge in [0.05, 0.1) is 12.5 Å². The van der Waals surface area contributed by atoms with E-state index in [1.165, 1.54) is 12.1 Å².